The molecule has 2 aromatic carbocycles. The van der Waals surface area contributed by atoms with Crippen LogP contribution in [0.15, 0.2) is 59.5 Å². The fourth-order valence-corrected chi connectivity index (χ4v) is 4.62. The second-order valence-corrected chi connectivity index (χ2v) is 8.13. The average Bonchev–Trinajstić information content (AvgIpc) is 2.63. The monoisotopic (exact) mass is 357 g/mol. The molecule has 1 N–H and O–H groups in total. The summed E-state index contributed by atoms with van der Waals surface area (Å²) in [7, 11) is -3.28. The fourth-order valence-electron chi connectivity index (χ4n) is 3.00. The molecule has 0 aromatic heterocycles. The van der Waals surface area contributed by atoms with Crippen LogP contribution in [0.4, 0.5) is 0 Å². The number of amides is 1. The molecule has 5 nitrogen and oxygen atoms in total. The number of Topliss-reactive ketones (excluding diaryl/α,β-unsaturated/α-hetero) is 1. The van der Waals surface area contributed by atoms with Crippen molar-refractivity contribution in [1.82, 2.24) is 5.32 Å². The average molecular weight is 357 g/mol. The van der Waals surface area contributed by atoms with Gasteiger partial charge in [-0.2, -0.15) is 0 Å². The van der Waals surface area contributed by atoms with E-state index in [1.807, 2.05) is 6.07 Å². The van der Waals surface area contributed by atoms with Crippen LogP contribution in [0.3, 0.4) is 0 Å². The first-order valence-electron chi connectivity index (χ1n) is 8.17. The van der Waals surface area contributed by atoms with Gasteiger partial charge in [-0.05, 0) is 18.1 Å². The molecule has 1 amide bonds. The molecule has 0 aliphatic carbocycles. The van der Waals surface area contributed by atoms with Crippen LogP contribution in [-0.4, -0.2) is 25.9 Å². The molecule has 0 spiro atoms. The summed E-state index contributed by atoms with van der Waals surface area (Å²) < 4.78 is 24.2. The van der Waals surface area contributed by atoms with Gasteiger partial charge in [0, 0.05) is 18.4 Å². The smallest absolute Gasteiger partial charge is 0.220 e. The highest BCUT2D eigenvalue weighted by atomic mass is 32.2. The Bertz CT molecular complexity index is 891. The Hall–Kier alpha value is -2.47. The SMILES string of the molecule is O=C(CCC(=O)c1ccccc1)NC1CCS(=O)(=O)c2ccccc21. The van der Waals surface area contributed by atoms with Crippen molar-refractivity contribution in [3.05, 3.63) is 65.7 Å². The Labute approximate surface area is 147 Å². The van der Waals surface area contributed by atoms with E-state index in [0.717, 1.165) is 0 Å². The van der Waals surface area contributed by atoms with Crippen molar-refractivity contribution in [2.45, 2.75) is 30.2 Å². The number of hydrogen-bond donors (Lipinski definition) is 1. The van der Waals surface area contributed by atoms with Crippen molar-refractivity contribution >= 4 is 21.5 Å². The van der Waals surface area contributed by atoms with Crippen LogP contribution in [-0.2, 0) is 14.6 Å². The first kappa shape index (κ1) is 17.4. The van der Waals surface area contributed by atoms with Crippen molar-refractivity contribution in [3.8, 4) is 0 Å². The molecule has 1 unspecified atom stereocenters. The number of ketones is 1. The van der Waals surface area contributed by atoms with Crippen molar-refractivity contribution in [2.75, 3.05) is 5.75 Å². The molecule has 1 heterocycles. The number of rotatable bonds is 5. The van der Waals surface area contributed by atoms with Crippen LogP contribution in [0.25, 0.3) is 0 Å². The van der Waals surface area contributed by atoms with Crippen LogP contribution in [0.5, 0.6) is 0 Å². The molecular weight excluding hydrogens is 338 g/mol. The Morgan fingerprint density at radius 3 is 2.40 bits per heavy atom. The van der Waals surface area contributed by atoms with Gasteiger partial charge >= 0.3 is 0 Å². The van der Waals surface area contributed by atoms with E-state index in [1.165, 1.54) is 0 Å². The van der Waals surface area contributed by atoms with Gasteiger partial charge in [-0.15, -0.1) is 0 Å². The molecule has 0 bridgehead atoms. The van der Waals surface area contributed by atoms with E-state index < -0.39 is 9.84 Å². The van der Waals surface area contributed by atoms with Crippen molar-refractivity contribution in [2.24, 2.45) is 0 Å². The minimum atomic E-state index is -3.28. The van der Waals surface area contributed by atoms with Crippen LogP contribution in [0.1, 0.15) is 41.2 Å². The highest BCUT2D eigenvalue weighted by Crippen LogP contribution is 2.31. The molecule has 6 heteroatoms. The second kappa shape index (κ2) is 7.19. The third-order valence-electron chi connectivity index (χ3n) is 4.31. The summed E-state index contributed by atoms with van der Waals surface area (Å²) in [5.41, 5.74) is 1.21. The van der Waals surface area contributed by atoms with Gasteiger partial charge in [-0.1, -0.05) is 48.5 Å². The molecule has 3 rings (SSSR count). The Morgan fingerprint density at radius 1 is 0.960 bits per heavy atom. The lowest BCUT2D eigenvalue weighted by atomic mass is 10.0. The molecule has 0 radical (unpaired) electrons. The Balaban J connectivity index is 1.63. The van der Waals surface area contributed by atoms with Gasteiger partial charge in [0.15, 0.2) is 15.6 Å². The highest BCUT2D eigenvalue weighted by molar-refractivity contribution is 7.91. The van der Waals surface area contributed by atoms with E-state index in [-0.39, 0.29) is 41.2 Å². The van der Waals surface area contributed by atoms with Crippen LogP contribution in [0.2, 0.25) is 0 Å². The van der Waals surface area contributed by atoms with Crippen LogP contribution in [0, 0.1) is 0 Å². The summed E-state index contributed by atoms with van der Waals surface area (Å²) in [6, 6.07) is 15.3. The maximum atomic E-state index is 12.2. The molecule has 1 aliphatic heterocycles. The first-order chi connectivity index (χ1) is 12.0. The van der Waals surface area contributed by atoms with Crippen molar-refractivity contribution in [3.63, 3.8) is 0 Å². The zero-order chi connectivity index (χ0) is 17.9. The summed E-state index contributed by atoms with van der Waals surface area (Å²) in [4.78, 5) is 24.6. The topological polar surface area (TPSA) is 80.3 Å². The number of benzene rings is 2. The maximum Gasteiger partial charge on any atom is 0.220 e. The lowest BCUT2D eigenvalue weighted by molar-refractivity contribution is -0.121. The standard InChI is InChI=1S/C19H19NO4S/c21-17(14-6-2-1-3-7-14)10-11-19(22)20-16-12-13-25(23,24)18-9-5-4-8-15(16)18/h1-9,16H,10-13H2,(H,20,22). The highest BCUT2D eigenvalue weighted by Gasteiger charge is 2.30. The molecule has 1 atom stereocenters. The zero-order valence-electron chi connectivity index (χ0n) is 13.6. The lowest BCUT2D eigenvalue weighted by Crippen LogP contribution is -2.34. The predicted octanol–water partition coefficient (Wildman–Crippen LogP) is 2.68. The van der Waals surface area contributed by atoms with E-state index in [4.69, 9.17) is 0 Å². The quantitative estimate of drug-likeness (QED) is 0.834. The van der Waals surface area contributed by atoms with Crippen LogP contribution >= 0.6 is 0 Å². The molecule has 2 aromatic rings. The molecule has 25 heavy (non-hydrogen) atoms. The lowest BCUT2D eigenvalue weighted by Gasteiger charge is -2.26. The van der Waals surface area contributed by atoms with E-state index in [2.05, 4.69) is 5.32 Å². The number of carbonyl (C=O) groups excluding carboxylic acids is 2. The predicted molar refractivity (Wildman–Crippen MR) is 94.0 cm³/mol. The molecule has 130 valence electrons. The summed E-state index contributed by atoms with van der Waals surface area (Å²) in [6.07, 6.45) is 0.555. The molecule has 0 saturated heterocycles. The van der Waals surface area contributed by atoms with Gasteiger partial charge in [0.25, 0.3) is 0 Å². The van der Waals surface area contributed by atoms with E-state index in [0.29, 0.717) is 17.5 Å². The molecular formula is C19H19NO4S. The maximum absolute atomic E-state index is 12.2. The first-order valence-corrected chi connectivity index (χ1v) is 9.82. The van der Waals surface area contributed by atoms with Gasteiger partial charge in [0.05, 0.1) is 16.7 Å². The van der Waals surface area contributed by atoms with Gasteiger partial charge in [-0.25, -0.2) is 8.42 Å². The van der Waals surface area contributed by atoms with Gasteiger partial charge in [0.1, 0.15) is 0 Å². The van der Waals surface area contributed by atoms with Gasteiger partial charge in [-0.3, -0.25) is 9.59 Å². The van der Waals surface area contributed by atoms with E-state index in [9.17, 15) is 18.0 Å². The van der Waals surface area contributed by atoms with Crippen molar-refractivity contribution in [1.29, 1.82) is 0 Å². The Morgan fingerprint density at radius 2 is 1.64 bits per heavy atom. The minimum absolute atomic E-state index is 0.0118. The summed E-state index contributed by atoms with van der Waals surface area (Å²) in [6.45, 7) is 0. The number of hydrogen-bond acceptors (Lipinski definition) is 4. The normalized spacial score (nSPS) is 18.2. The number of sulfone groups is 1. The number of nitrogens with one attached hydrogen (secondary N) is 1. The zero-order valence-corrected chi connectivity index (χ0v) is 14.5. The Kier molecular flexibility index (Phi) is 4.99. The van der Waals surface area contributed by atoms with E-state index in [1.54, 1.807) is 48.5 Å². The summed E-state index contributed by atoms with van der Waals surface area (Å²) >= 11 is 0. The van der Waals surface area contributed by atoms with Gasteiger partial charge < -0.3 is 5.32 Å². The third-order valence-corrected chi connectivity index (χ3v) is 6.13. The third kappa shape index (κ3) is 3.96. The number of carbonyl (C=O) groups is 2. The second-order valence-electron chi connectivity index (χ2n) is 6.05. The number of fused-ring (bicyclic) bond motifs is 1. The minimum Gasteiger partial charge on any atom is -0.349 e. The molecule has 1 aliphatic rings. The van der Waals surface area contributed by atoms with Crippen LogP contribution < -0.4 is 5.32 Å². The molecule has 0 saturated carbocycles. The summed E-state index contributed by atoms with van der Waals surface area (Å²) in [5, 5.41) is 2.86. The van der Waals surface area contributed by atoms with Gasteiger partial charge in [0.2, 0.25) is 5.91 Å². The fraction of sp³-hybridized carbons (Fsp3) is 0.263. The van der Waals surface area contributed by atoms with Crippen molar-refractivity contribution < 1.29 is 18.0 Å². The van der Waals surface area contributed by atoms with E-state index >= 15 is 0 Å². The molecule has 0 fully saturated rings. The summed E-state index contributed by atoms with van der Waals surface area (Å²) in [5.74, 6) is -0.316. The largest absolute Gasteiger partial charge is 0.349 e.